The second-order valence-corrected chi connectivity index (χ2v) is 8.39. The second-order valence-electron chi connectivity index (χ2n) is 6.57. The molecule has 3 rings (SSSR count). The fraction of sp³-hybridized carbons (Fsp3) is 0.0909. The zero-order valence-corrected chi connectivity index (χ0v) is 18.2. The van der Waals surface area contributed by atoms with Crippen molar-refractivity contribution in [2.75, 3.05) is 16.0 Å². The molecule has 0 aromatic heterocycles. The van der Waals surface area contributed by atoms with E-state index in [-0.39, 0.29) is 6.07 Å². The third kappa shape index (κ3) is 5.98. The van der Waals surface area contributed by atoms with E-state index in [0.29, 0.717) is 15.7 Å². The van der Waals surface area contributed by atoms with Crippen molar-refractivity contribution in [3.63, 3.8) is 0 Å². The number of anilines is 3. The summed E-state index contributed by atoms with van der Waals surface area (Å²) in [6.07, 6.45) is 0. The van der Waals surface area contributed by atoms with Gasteiger partial charge >= 0.3 is 0 Å². The van der Waals surface area contributed by atoms with Crippen molar-refractivity contribution in [3.8, 4) is 0 Å². The van der Waals surface area contributed by atoms with E-state index in [4.69, 9.17) is 12.2 Å². The molecule has 0 radical (unpaired) electrons. The highest BCUT2D eigenvalue weighted by molar-refractivity contribution is 8.00. The van der Waals surface area contributed by atoms with Crippen molar-refractivity contribution in [2.45, 2.75) is 17.1 Å². The molecular formula is C22H17F4N3OS2. The van der Waals surface area contributed by atoms with Gasteiger partial charge in [0, 0.05) is 22.3 Å². The summed E-state index contributed by atoms with van der Waals surface area (Å²) >= 11 is 6.37. The molecule has 0 saturated carbocycles. The molecule has 0 heterocycles. The Hall–Kier alpha value is -3.11. The molecule has 0 spiro atoms. The van der Waals surface area contributed by atoms with E-state index < -0.39 is 40.1 Å². The molecule has 1 amide bonds. The maximum atomic E-state index is 13.8. The highest BCUT2D eigenvalue weighted by atomic mass is 32.2. The number of thioether (sulfide) groups is 1. The minimum absolute atomic E-state index is 0.0775. The highest BCUT2D eigenvalue weighted by Crippen LogP contribution is 2.29. The standard InChI is InChI=1S/C22H17F4N3OS2/c1-12(21(30)29-20-18(25)16(23)11-17(24)19(20)26)32-15-9-5-8-14(10-15)28-22(31)27-13-6-3-2-4-7-13/h2-12H,1H3,(H,29,30)(H2,27,28,31). The zero-order valence-electron chi connectivity index (χ0n) is 16.6. The van der Waals surface area contributed by atoms with E-state index in [0.717, 1.165) is 17.4 Å². The summed E-state index contributed by atoms with van der Waals surface area (Å²) < 4.78 is 54.3. The topological polar surface area (TPSA) is 53.2 Å². The Morgan fingerprint density at radius 3 is 2.09 bits per heavy atom. The van der Waals surface area contributed by atoms with Crippen LogP contribution in [0.15, 0.2) is 65.6 Å². The van der Waals surface area contributed by atoms with Gasteiger partial charge in [0.2, 0.25) is 5.91 Å². The van der Waals surface area contributed by atoms with Gasteiger partial charge < -0.3 is 16.0 Å². The van der Waals surface area contributed by atoms with Gasteiger partial charge in [-0.1, -0.05) is 24.3 Å². The average molecular weight is 480 g/mol. The normalized spacial score (nSPS) is 11.5. The van der Waals surface area contributed by atoms with Crippen LogP contribution in [-0.4, -0.2) is 16.3 Å². The van der Waals surface area contributed by atoms with Crippen LogP contribution in [0.4, 0.5) is 34.6 Å². The Bertz CT molecular complexity index is 1120. The van der Waals surface area contributed by atoms with Crippen LogP contribution in [0.1, 0.15) is 6.92 Å². The van der Waals surface area contributed by atoms with Crippen LogP contribution >= 0.6 is 24.0 Å². The molecule has 10 heteroatoms. The van der Waals surface area contributed by atoms with Crippen LogP contribution in [0, 0.1) is 23.3 Å². The number of benzene rings is 3. The number of carbonyl (C=O) groups excluding carboxylic acids is 1. The van der Waals surface area contributed by atoms with Crippen molar-refractivity contribution in [1.82, 2.24) is 0 Å². The number of para-hydroxylation sites is 1. The molecule has 0 aliphatic heterocycles. The lowest BCUT2D eigenvalue weighted by Crippen LogP contribution is -2.24. The molecule has 0 bridgehead atoms. The lowest BCUT2D eigenvalue weighted by Gasteiger charge is -2.15. The molecule has 0 aliphatic carbocycles. The molecule has 3 N–H and O–H groups in total. The number of hydrogen-bond acceptors (Lipinski definition) is 3. The monoisotopic (exact) mass is 479 g/mol. The van der Waals surface area contributed by atoms with Crippen LogP contribution in [0.2, 0.25) is 0 Å². The minimum Gasteiger partial charge on any atom is -0.332 e. The van der Waals surface area contributed by atoms with Gasteiger partial charge in [-0.05, 0) is 49.5 Å². The maximum Gasteiger partial charge on any atom is 0.237 e. The smallest absolute Gasteiger partial charge is 0.237 e. The largest absolute Gasteiger partial charge is 0.332 e. The van der Waals surface area contributed by atoms with Crippen LogP contribution in [-0.2, 0) is 4.79 Å². The number of thiocarbonyl (C=S) groups is 1. The number of hydrogen-bond donors (Lipinski definition) is 3. The van der Waals surface area contributed by atoms with Gasteiger partial charge in [0.25, 0.3) is 0 Å². The van der Waals surface area contributed by atoms with Crippen molar-refractivity contribution in [3.05, 3.63) is 83.9 Å². The van der Waals surface area contributed by atoms with E-state index in [1.54, 1.807) is 24.3 Å². The summed E-state index contributed by atoms with van der Waals surface area (Å²) in [4.78, 5) is 13.0. The lowest BCUT2D eigenvalue weighted by atomic mass is 10.2. The SMILES string of the molecule is CC(Sc1cccc(NC(=S)Nc2ccccc2)c1)C(=O)Nc1c(F)c(F)cc(F)c1F. The molecule has 32 heavy (non-hydrogen) atoms. The quantitative estimate of drug-likeness (QED) is 0.171. The number of amides is 1. The van der Waals surface area contributed by atoms with Crippen molar-refractivity contribution in [1.29, 1.82) is 0 Å². The molecular weight excluding hydrogens is 462 g/mol. The first-order chi connectivity index (χ1) is 15.2. The molecule has 3 aromatic rings. The van der Waals surface area contributed by atoms with E-state index in [1.165, 1.54) is 6.92 Å². The molecule has 166 valence electrons. The molecule has 1 atom stereocenters. The van der Waals surface area contributed by atoms with Crippen LogP contribution in [0.5, 0.6) is 0 Å². The van der Waals surface area contributed by atoms with Gasteiger partial charge in [-0.2, -0.15) is 0 Å². The van der Waals surface area contributed by atoms with Crippen LogP contribution in [0.3, 0.4) is 0 Å². The van der Waals surface area contributed by atoms with Gasteiger partial charge in [-0.3, -0.25) is 4.79 Å². The van der Waals surface area contributed by atoms with Crippen LogP contribution < -0.4 is 16.0 Å². The Morgan fingerprint density at radius 1 is 0.844 bits per heavy atom. The van der Waals surface area contributed by atoms with Gasteiger partial charge in [-0.15, -0.1) is 11.8 Å². The summed E-state index contributed by atoms with van der Waals surface area (Å²) in [5, 5.41) is 7.51. The summed E-state index contributed by atoms with van der Waals surface area (Å²) in [6, 6.07) is 16.4. The Labute approximate surface area is 191 Å². The van der Waals surface area contributed by atoms with Crippen molar-refractivity contribution in [2.24, 2.45) is 0 Å². The van der Waals surface area contributed by atoms with Gasteiger partial charge in [-0.25, -0.2) is 17.6 Å². The first kappa shape index (κ1) is 23.6. The highest BCUT2D eigenvalue weighted by Gasteiger charge is 2.23. The Balaban J connectivity index is 1.64. The molecule has 3 aromatic carbocycles. The lowest BCUT2D eigenvalue weighted by molar-refractivity contribution is -0.115. The van der Waals surface area contributed by atoms with E-state index in [9.17, 15) is 22.4 Å². The van der Waals surface area contributed by atoms with Crippen LogP contribution in [0.25, 0.3) is 0 Å². The summed E-state index contributed by atoms with van der Waals surface area (Å²) in [7, 11) is 0. The first-order valence-corrected chi connectivity index (χ1v) is 10.6. The third-order valence-corrected chi connectivity index (χ3v) is 5.46. The molecule has 0 fully saturated rings. The number of carbonyl (C=O) groups is 1. The maximum absolute atomic E-state index is 13.8. The minimum atomic E-state index is -1.67. The van der Waals surface area contributed by atoms with E-state index in [2.05, 4.69) is 10.6 Å². The zero-order chi connectivity index (χ0) is 23.3. The molecule has 4 nitrogen and oxygen atoms in total. The summed E-state index contributed by atoms with van der Waals surface area (Å²) in [5.41, 5.74) is 0.308. The number of rotatable bonds is 6. The first-order valence-electron chi connectivity index (χ1n) is 9.28. The molecule has 0 aliphatic rings. The predicted molar refractivity (Wildman–Crippen MR) is 123 cm³/mol. The van der Waals surface area contributed by atoms with E-state index in [1.807, 2.05) is 35.6 Å². The average Bonchev–Trinajstić information content (AvgIpc) is 2.76. The summed E-state index contributed by atoms with van der Waals surface area (Å²) in [6.45, 7) is 1.49. The molecule has 0 saturated heterocycles. The van der Waals surface area contributed by atoms with Crippen molar-refractivity contribution >= 4 is 52.1 Å². The Morgan fingerprint density at radius 2 is 1.44 bits per heavy atom. The van der Waals surface area contributed by atoms with Gasteiger partial charge in [0.1, 0.15) is 5.69 Å². The third-order valence-electron chi connectivity index (χ3n) is 4.17. The number of halogens is 4. The van der Waals surface area contributed by atoms with Gasteiger partial charge in [0.15, 0.2) is 28.4 Å². The van der Waals surface area contributed by atoms with E-state index >= 15 is 0 Å². The van der Waals surface area contributed by atoms with Crippen molar-refractivity contribution < 1.29 is 22.4 Å². The second kappa shape index (κ2) is 10.5. The fourth-order valence-electron chi connectivity index (χ4n) is 2.63. The van der Waals surface area contributed by atoms with Gasteiger partial charge in [0.05, 0.1) is 5.25 Å². The molecule has 1 unspecified atom stereocenters. The Kier molecular flexibility index (Phi) is 7.70. The summed E-state index contributed by atoms with van der Waals surface area (Å²) in [5.74, 6) is -7.35. The predicted octanol–water partition coefficient (Wildman–Crippen LogP) is 6.17. The number of nitrogens with one attached hydrogen (secondary N) is 3. The fourth-order valence-corrected chi connectivity index (χ4v) is 3.79.